The summed E-state index contributed by atoms with van der Waals surface area (Å²) < 4.78 is 47.8. The van der Waals surface area contributed by atoms with Gasteiger partial charge in [0.2, 0.25) is 0 Å². The maximum atomic E-state index is 12.7. The summed E-state index contributed by atoms with van der Waals surface area (Å²) in [6, 6.07) is 0. The number of halogens is 3. The van der Waals surface area contributed by atoms with Crippen molar-refractivity contribution >= 4 is 11.9 Å². The Hall–Kier alpha value is -1.27. The Kier molecular flexibility index (Phi) is 7.90. The molecule has 1 atom stereocenters. The van der Waals surface area contributed by atoms with Crippen molar-refractivity contribution in [2.75, 3.05) is 13.2 Å². The van der Waals surface area contributed by atoms with Gasteiger partial charge in [-0.15, -0.1) is 0 Å². The van der Waals surface area contributed by atoms with E-state index in [2.05, 4.69) is 0 Å². The minimum Gasteiger partial charge on any atom is -0.465 e. The van der Waals surface area contributed by atoms with Gasteiger partial charge in [-0.05, 0) is 5.92 Å². The van der Waals surface area contributed by atoms with Crippen LogP contribution in [0.25, 0.3) is 0 Å². The van der Waals surface area contributed by atoms with E-state index in [4.69, 9.17) is 9.47 Å². The van der Waals surface area contributed by atoms with Crippen molar-refractivity contribution in [3.05, 3.63) is 0 Å². The number of carbonyl (C=O) groups is 2. The number of rotatable bonds is 8. The lowest BCUT2D eigenvalue weighted by Crippen LogP contribution is -2.38. The minimum absolute atomic E-state index is 0.138. The molecule has 0 bridgehead atoms. The highest BCUT2D eigenvalue weighted by molar-refractivity contribution is 5.77. The maximum Gasteiger partial charge on any atom is 0.392 e. The molecule has 0 aromatic heterocycles. The molecule has 22 heavy (non-hydrogen) atoms. The third kappa shape index (κ3) is 8.24. The number of esters is 2. The van der Waals surface area contributed by atoms with Crippen molar-refractivity contribution in [1.82, 2.24) is 0 Å². The van der Waals surface area contributed by atoms with Gasteiger partial charge in [0.25, 0.3) is 0 Å². The average Bonchev–Trinajstić information content (AvgIpc) is 2.38. The molecular weight excluding hydrogens is 301 g/mol. The fraction of sp³-hybridized carbons (Fsp3) is 0.867. The quantitative estimate of drug-likeness (QED) is 0.638. The second-order valence-electron chi connectivity index (χ2n) is 6.49. The molecule has 0 aliphatic heterocycles. The zero-order chi connectivity index (χ0) is 17.6. The standard InChI is InChI=1S/C15H25F3O4/c1-10(2)8-21-12(19)6-7-13(20)22-9-14(4,5)11(3)15(16,17)18/h10-11H,6-9H2,1-5H3. The van der Waals surface area contributed by atoms with Crippen LogP contribution in [0.4, 0.5) is 13.2 Å². The predicted octanol–water partition coefficient (Wildman–Crippen LogP) is 3.73. The second-order valence-corrected chi connectivity index (χ2v) is 6.49. The molecule has 0 fully saturated rings. The van der Waals surface area contributed by atoms with Crippen molar-refractivity contribution in [3.63, 3.8) is 0 Å². The summed E-state index contributed by atoms with van der Waals surface area (Å²) in [6.45, 7) is 7.50. The molecule has 0 radical (unpaired) electrons. The third-order valence-electron chi connectivity index (χ3n) is 3.38. The molecule has 0 rings (SSSR count). The lowest BCUT2D eigenvalue weighted by Gasteiger charge is -2.32. The molecule has 4 nitrogen and oxygen atoms in total. The molecule has 130 valence electrons. The monoisotopic (exact) mass is 326 g/mol. The van der Waals surface area contributed by atoms with E-state index in [0.717, 1.165) is 6.92 Å². The van der Waals surface area contributed by atoms with Crippen LogP contribution < -0.4 is 0 Å². The van der Waals surface area contributed by atoms with Crippen LogP contribution in [0.15, 0.2) is 0 Å². The lowest BCUT2D eigenvalue weighted by molar-refractivity contribution is -0.205. The molecule has 0 spiro atoms. The van der Waals surface area contributed by atoms with Crippen molar-refractivity contribution < 1.29 is 32.2 Å². The summed E-state index contributed by atoms with van der Waals surface area (Å²) in [6.07, 6.45) is -4.69. The summed E-state index contributed by atoms with van der Waals surface area (Å²) >= 11 is 0. The fourth-order valence-corrected chi connectivity index (χ4v) is 1.44. The van der Waals surface area contributed by atoms with Crippen molar-refractivity contribution in [3.8, 4) is 0 Å². The average molecular weight is 326 g/mol. The highest BCUT2D eigenvalue weighted by Gasteiger charge is 2.46. The zero-order valence-electron chi connectivity index (χ0n) is 13.8. The van der Waals surface area contributed by atoms with Gasteiger partial charge in [0.1, 0.15) is 0 Å². The fourth-order valence-electron chi connectivity index (χ4n) is 1.44. The van der Waals surface area contributed by atoms with Crippen LogP contribution in [0.5, 0.6) is 0 Å². The van der Waals surface area contributed by atoms with Crippen molar-refractivity contribution in [2.45, 2.75) is 53.6 Å². The normalized spacial score (nSPS) is 13.9. The van der Waals surface area contributed by atoms with Crippen LogP contribution in [0.2, 0.25) is 0 Å². The zero-order valence-corrected chi connectivity index (χ0v) is 13.8. The van der Waals surface area contributed by atoms with Gasteiger partial charge in [-0.1, -0.05) is 34.6 Å². The van der Waals surface area contributed by atoms with E-state index in [-0.39, 0.29) is 32.0 Å². The number of carbonyl (C=O) groups excluding carboxylic acids is 2. The van der Waals surface area contributed by atoms with Gasteiger partial charge in [0, 0.05) is 5.41 Å². The van der Waals surface area contributed by atoms with E-state index in [0.29, 0.717) is 0 Å². The molecule has 0 aliphatic carbocycles. The molecule has 0 saturated carbocycles. The number of hydrogen-bond donors (Lipinski definition) is 0. The van der Waals surface area contributed by atoms with E-state index in [1.54, 1.807) is 0 Å². The first-order valence-corrected chi connectivity index (χ1v) is 7.24. The van der Waals surface area contributed by atoms with Gasteiger partial charge in [0.05, 0.1) is 32.0 Å². The molecule has 0 heterocycles. The Morgan fingerprint density at radius 1 is 0.955 bits per heavy atom. The van der Waals surface area contributed by atoms with E-state index in [1.165, 1.54) is 13.8 Å². The van der Waals surface area contributed by atoms with Crippen LogP contribution in [-0.4, -0.2) is 31.3 Å². The molecule has 7 heteroatoms. The first-order chi connectivity index (χ1) is 9.86. The Bertz CT molecular complexity index is 375. The molecule has 0 amide bonds. The lowest BCUT2D eigenvalue weighted by atomic mass is 9.80. The molecule has 1 unspecified atom stereocenters. The number of alkyl halides is 3. The largest absolute Gasteiger partial charge is 0.465 e. The molecule has 0 aliphatic rings. The molecule has 0 N–H and O–H groups in total. The van der Waals surface area contributed by atoms with E-state index in [1.807, 2.05) is 13.8 Å². The topological polar surface area (TPSA) is 52.6 Å². The van der Waals surface area contributed by atoms with E-state index < -0.39 is 29.4 Å². The minimum atomic E-state index is -4.35. The van der Waals surface area contributed by atoms with Gasteiger partial charge >= 0.3 is 18.1 Å². The molecule has 0 aromatic rings. The third-order valence-corrected chi connectivity index (χ3v) is 3.38. The first kappa shape index (κ1) is 20.7. The van der Waals surface area contributed by atoms with Crippen LogP contribution in [-0.2, 0) is 19.1 Å². The van der Waals surface area contributed by atoms with Gasteiger partial charge in [0.15, 0.2) is 0 Å². The van der Waals surface area contributed by atoms with Crippen LogP contribution in [0, 0.1) is 17.3 Å². The van der Waals surface area contributed by atoms with Gasteiger partial charge < -0.3 is 9.47 Å². The van der Waals surface area contributed by atoms with Crippen LogP contribution >= 0.6 is 0 Å². The SMILES string of the molecule is CC(C)COC(=O)CCC(=O)OCC(C)(C)C(C)C(F)(F)F. The summed E-state index contributed by atoms with van der Waals surface area (Å²) in [4.78, 5) is 22.8. The number of ether oxygens (including phenoxy) is 2. The van der Waals surface area contributed by atoms with Crippen molar-refractivity contribution in [2.24, 2.45) is 17.3 Å². The van der Waals surface area contributed by atoms with Crippen LogP contribution in [0.1, 0.15) is 47.5 Å². The Morgan fingerprint density at radius 2 is 1.41 bits per heavy atom. The van der Waals surface area contributed by atoms with Gasteiger partial charge in [-0.3, -0.25) is 9.59 Å². The highest BCUT2D eigenvalue weighted by Crippen LogP contribution is 2.39. The maximum absolute atomic E-state index is 12.7. The second kappa shape index (κ2) is 8.39. The first-order valence-electron chi connectivity index (χ1n) is 7.24. The van der Waals surface area contributed by atoms with E-state index in [9.17, 15) is 22.8 Å². The molecule has 0 aromatic carbocycles. The highest BCUT2D eigenvalue weighted by atomic mass is 19.4. The smallest absolute Gasteiger partial charge is 0.392 e. The Morgan fingerprint density at radius 3 is 1.82 bits per heavy atom. The predicted molar refractivity (Wildman–Crippen MR) is 75.0 cm³/mol. The van der Waals surface area contributed by atoms with Crippen LogP contribution in [0.3, 0.4) is 0 Å². The Balaban J connectivity index is 4.16. The summed E-state index contributed by atoms with van der Waals surface area (Å²) in [5, 5.41) is 0. The Labute approximate surface area is 129 Å². The van der Waals surface area contributed by atoms with E-state index >= 15 is 0 Å². The molecule has 0 saturated heterocycles. The van der Waals surface area contributed by atoms with Gasteiger partial charge in [-0.25, -0.2) is 0 Å². The molecular formula is C15H25F3O4. The summed E-state index contributed by atoms with van der Waals surface area (Å²) in [5.41, 5.74) is -1.23. The summed E-state index contributed by atoms with van der Waals surface area (Å²) in [7, 11) is 0. The van der Waals surface area contributed by atoms with Gasteiger partial charge in [-0.2, -0.15) is 13.2 Å². The van der Waals surface area contributed by atoms with Crippen molar-refractivity contribution in [1.29, 1.82) is 0 Å². The number of hydrogen-bond acceptors (Lipinski definition) is 4. The summed E-state index contributed by atoms with van der Waals surface area (Å²) in [5.74, 6) is -2.64.